The highest BCUT2D eigenvalue weighted by molar-refractivity contribution is 6.32. The summed E-state index contributed by atoms with van der Waals surface area (Å²) in [4.78, 5) is 26.5. The average molecular weight is 381 g/mol. The van der Waals surface area contributed by atoms with Crippen LogP contribution in [0.5, 0.6) is 5.75 Å². The summed E-state index contributed by atoms with van der Waals surface area (Å²) in [6.07, 6.45) is 6.95. The van der Waals surface area contributed by atoms with Gasteiger partial charge in [-0.3, -0.25) is 9.59 Å². The standard InChI is InChI=1S/C20H29ClN2O3/c1-3-14-26-20-16(21)10-7-11-17(20)22-18(24)12-13-19(25)23(2)15-8-5-4-6-9-15/h7,10-11,15H,3-6,8-9,12-14H2,1-2H3,(H,22,24). The van der Waals surface area contributed by atoms with Gasteiger partial charge in [0.15, 0.2) is 5.75 Å². The summed E-state index contributed by atoms with van der Waals surface area (Å²) >= 11 is 6.17. The third kappa shape index (κ3) is 5.90. The van der Waals surface area contributed by atoms with Gasteiger partial charge in [-0.05, 0) is 31.4 Å². The van der Waals surface area contributed by atoms with E-state index in [-0.39, 0.29) is 24.7 Å². The van der Waals surface area contributed by atoms with Gasteiger partial charge < -0.3 is 15.0 Å². The number of carbonyl (C=O) groups is 2. The predicted molar refractivity (Wildman–Crippen MR) is 105 cm³/mol. The SMILES string of the molecule is CCCOc1c(Cl)cccc1NC(=O)CCC(=O)N(C)C1CCCCC1. The molecule has 0 bridgehead atoms. The van der Waals surface area contributed by atoms with E-state index >= 15 is 0 Å². The van der Waals surface area contributed by atoms with Crippen LogP contribution in [0.25, 0.3) is 0 Å². The highest BCUT2D eigenvalue weighted by Gasteiger charge is 2.22. The first kappa shape index (κ1) is 20.6. The first-order chi connectivity index (χ1) is 12.5. The highest BCUT2D eigenvalue weighted by Crippen LogP contribution is 2.33. The zero-order valence-corrected chi connectivity index (χ0v) is 16.5. The molecule has 1 saturated carbocycles. The number of nitrogens with one attached hydrogen (secondary N) is 1. The monoisotopic (exact) mass is 380 g/mol. The van der Waals surface area contributed by atoms with Crippen molar-refractivity contribution in [1.29, 1.82) is 0 Å². The number of benzene rings is 1. The van der Waals surface area contributed by atoms with Crippen LogP contribution >= 0.6 is 11.6 Å². The summed E-state index contributed by atoms with van der Waals surface area (Å²) in [6, 6.07) is 5.57. The molecule has 1 fully saturated rings. The quantitative estimate of drug-likeness (QED) is 0.714. The van der Waals surface area contributed by atoms with Crippen LogP contribution in [0.2, 0.25) is 5.02 Å². The second-order valence-electron chi connectivity index (χ2n) is 6.81. The number of rotatable bonds is 8. The molecule has 2 amide bonds. The lowest BCUT2D eigenvalue weighted by Crippen LogP contribution is -2.38. The van der Waals surface area contributed by atoms with Crippen LogP contribution in [0, 0.1) is 0 Å². The minimum Gasteiger partial charge on any atom is -0.490 e. The molecule has 0 heterocycles. The van der Waals surface area contributed by atoms with E-state index in [0.29, 0.717) is 29.1 Å². The van der Waals surface area contributed by atoms with E-state index in [2.05, 4.69) is 5.32 Å². The molecule has 144 valence electrons. The summed E-state index contributed by atoms with van der Waals surface area (Å²) in [7, 11) is 1.85. The zero-order valence-electron chi connectivity index (χ0n) is 15.7. The topological polar surface area (TPSA) is 58.6 Å². The molecular formula is C20H29ClN2O3. The normalized spacial score (nSPS) is 14.7. The van der Waals surface area contributed by atoms with Crippen molar-refractivity contribution in [2.24, 2.45) is 0 Å². The van der Waals surface area contributed by atoms with Gasteiger partial charge in [-0.15, -0.1) is 0 Å². The van der Waals surface area contributed by atoms with Crippen LogP contribution in [0.4, 0.5) is 5.69 Å². The van der Waals surface area contributed by atoms with E-state index < -0.39 is 0 Å². The lowest BCUT2D eigenvalue weighted by molar-refractivity contribution is -0.134. The van der Waals surface area contributed by atoms with E-state index in [1.807, 2.05) is 18.9 Å². The van der Waals surface area contributed by atoms with Gasteiger partial charge in [0.2, 0.25) is 11.8 Å². The van der Waals surface area contributed by atoms with E-state index in [0.717, 1.165) is 19.3 Å². The molecule has 0 radical (unpaired) electrons. The summed E-state index contributed by atoms with van der Waals surface area (Å²) in [5, 5.41) is 3.28. The Kier molecular flexibility index (Phi) is 8.23. The Morgan fingerprint density at radius 2 is 1.96 bits per heavy atom. The maximum Gasteiger partial charge on any atom is 0.224 e. The van der Waals surface area contributed by atoms with Crippen LogP contribution in [0.15, 0.2) is 18.2 Å². The molecule has 1 aromatic rings. The second kappa shape index (κ2) is 10.4. The fraction of sp³-hybridized carbons (Fsp3) is 0.600. The first-order valence-electron chi connectivity index (χ1n) is 9.49. The Bertz CT molecular complexity index is 615. The molecule has 0 aromatic heterocycles. The van der Waals surface area contributed by atoms with Gasteiger partial charge in [-0.2, -0.15) is 0 Å². The largest absolute Gasteiger partial charge is 0.490 e. The second-order valence-corrected chi connectivity index (χ2v) is 7.22. The van der Waals surface area contributed by atoms with Crippen LogP contribution in [-0.2, 0) is 9.59 Å². The molecule has 0 aliphatic heterocycles. The van der Waals surface area contributed by atoms with Crippen molar-refractivity contribution in [3.8, 4) is 5.75 Å². The number of ether oxygens (including phenoxy) is 1. The van der Waals surface area contributed by atoms with E-state index in [4.69, 9.17) is 16.3 Å². The molecule has 0 unspecified atom stereocenters. The Hall–Kier alpha value is -1.75. The highest BCUT2D eigenvalue weighted by atomic mass is 35.5. The van der Waals surface area contributed by atoms with E-state index in [1.54, 1.807) is 18.2 Å². The molecule has 1 aliphatic carbocycles. The van der Waals surface area contributed by atoms with Gasteiger partial charge in [0.25, 0.3) is 0 Å². The Labute approximate surface area is 161 Å². The van der Waals surface area contributed by atoms with Gasteiger partial charge in [0.05, 0.1) is 17.3 Å². The molecule has 5 nitrogen and oxygen atoms in total. The number of hydrogen-bond donors (Lipinski definition) is 1. The van der Waals surface area contributed by atoms with Crippen LogP contribution in [0.3, 0.4) is 0 Å². The smallest absolute Gasteiger partial charge is 0.224 e. The number of amides is 2. The van der Waals surface area contributed by atoms with Crippen LogP contribution in [-0.4, -0.2) is 36.4 Å². The van der Waals surface area contributed by atoms with E-state index in [9.17, 15) is 9.59 Å². The molecule has 1 N–H and O–H groups in total. The Morgan fingerprint density at radius 1 is 1.23 bits per heavy atom. The zero-order chi connectivity index (χ0) is 18.9. The van der Waals surface area contributed by atoms with Gasteiger partial charge >= 0.3 is 0 Å². The molecule has 0 atom stereocenters. The number of nitrogens with zero attached hydrogens (tertiary/aromatic N) is 1. The average Bonchev–Trinajstić information content (AvgIpc) is 2.66. The third-order valence-electron chi connectivity index (χ3n) is 4.77. The Morgan fingerprint density at radius 3 is 2.65 bits per heavy atom. The number of carbonyl (C=O) groups excluding carboxylic acids is 2. The number of anilines is 1. The van der Waals surface area contributed by atoms with E-state index in [1.165, 1.54) is 19.3 Å². The molecule has 0 saturated heterocycles. The number of halogens is 1. The van der Waals surface area contributed by atoms with Crippen molar-refractivity contribution in [3.05, 3.63) is 23.2 Å². The summed E-state index contributed by atoms with van der Waals surface area (Å²) in [5.74, 6) is 0.301. The van der Waals surface area contributed by atoms with Gasteiger partial charge in [-0.1, -0.05) is 43.9 Å². The van der Waals surface area contributed by atoms with Gasteiger partial charge in [0, 0.05) is 25.9 Å². The summed E-state index contributed by atoms with van der Waals surface area (Å²) in [6.45, 7) is 2.53. The van der Waals surface area contributed by atoms with Crippen molar-refractivity contribution in [3.63, 3.8) is 0 Å². The first-order valence-corrected chi connectivity index (χ1v) is 9.87. The molecule has 1 aromatic carbocycles. The number of para-hydroxylation sites is 1. The molecule has 6 heteroatoms. The summed E-state index contributed by atoms with van der Waals surface area (Å²) in [5.41, 5.74) is 0.545. The lowest BCUT2D eigenvalue weighted by atomic mass is 9.94. The molecule has 2 rings (SSSR count). The maximum atomic E-state index is 12.4. The summed E-state index contributed by atoms with van der Waals surface area (Å²) < 4.78 is 5.64. The maximum absolute atomic E-state index is 12.4. The van der Waals surface area contributed by atoms with Crippen molar-refractivity contribution < 1.29 is 14.3 Å². The van der Waals surface area contributed by atoms with Gasteiger partial charge in [0.1, 0.15) is 0 Å². The number of hydrogen-bond acceptors (Lipinski definition) is 3. The van der Waals surface area contributed by atoms with Crippen molar-refractivity contribution in [2.75, 3.05) is 19.0 Å². The fourth-order valence-electron chi connectivity index (χ4n) is 3.24. The molecule has 0 spiro atoms. The van der Waals surface area contributed by atoms with Crippen molar-refractivity contribution >= 4 is 29.1 Å². The van der Waals surface area contributed by atoms with Crippen molar-refractivity contribution in [2.45, 2.75) is 64.3 Å². The molecule has 26 heavy (non-hydrogen) atoms. The minimum atomic E-state index is -0.209. The predicted octanol–water partition coefficient (Wildman–Crippen LogP) is 4.64. The van der Waals surface area contributed by atoms with Crippen LogP contribution < -0.4 is 10.1 Å². The molecule has 1 aliphatic rings. The lowest BCUT2D eigenvalue weighted by Gasteiger charge is -2.31. The van der Waals surface area contributed by atoms with Gasteiger partial charge in [-0.25, -0.2) is 0 Å². The molecular weight excluding hydrogens is 352 g/mol. The minimum absolute atomic E-state index is 0.0283. The van der Waals surface area contributed by atoms with Crippen molar-refractivity contribution in [1.82, 2.24) is 4.90 Å². The van der Waals surface area contributed by atoms with Crippen LogP contribution in [0.1, 0.15) is 58.3 Å². The fourth-order valence-corrected chi connectivity index (χ4v) is 3.47. The third-order valence-corrected chi connectivity index (χ3v) is 5.07. The Balaban J connectivity index is 1.86.